The van der Waals surface area contributed by atoms with Crippen LogP contribution in [0.2, 0.25) is 0 Å². The number of nitrogens with one attached hydrogen (secondary N) is 1. The number of hydrogen-bond acceptors (Lipinski definition) is 5. The lowest BCUT2D eigenvalue weighted by molar-refractivity contribution is 0.367. The average molecular weight is 226 g/mol. The van der Waals surface area contributed by atoms with E-state index >= 15 is 0 Å². The van der Waals surface area contributed by atoms with Crippen LogP contribution in [-0.4, -0.2) is 47.8 Å². The summed E-state index contributed by atoms with van der Waals surface area (Å²) in [6, 6.07) is 1.97. The topological polar surface area (TPSA) is 41.0 Å². The van der Waals surface area contributed by atoms with Gasteiger partial charge in [0.05, 0.1) is 0 Å². The first kappa shape index (κ1) is 12.3. The number of anilines is 1. The van der Waals surface area contributed by atoms with E-state index in [0.29, 0.717) is 0 Å². The molecule has 1 aromatic rings. The van der Waals surface area contributed by atoms with Gasteiger partial charge in [-0.1, -0.05) is 6.92 Å². The maximum Gasteiger partial charge on any atom is 0.130 e. The minimum atomic E-state index is 0.902. The van der Waals surface area contributed by atoms with Crippen LogP contribution in [-0.2, 0) is 0 Å². The van der Waals surface area contributed by atoms with Crippen molar-refractivity contribution in [2.45, 2.75) is 11.9 Å². The summed E-state index contributed by atoms with van der Waals surface area (Å²) in [5.74, 6) is 0.902. The summed E-state index contributed by atoms with van der Waals surface area (Å²) < 4.78 is 0. The Balaban J connectivity index is 2.37. The standard InChI is InChI=1S/C10H18N4S/c1-4-14(2)6-5-11-9-7-10(15-3)13-8-12-9/h7-8H,4-6H2,1-3H3,(H,11,12,13). The molecule has 0 bridgehead atoms. The van der Waals surface area contributed by atoms with Gasteiger partial charge in [-0.2, -0.15) is 0 Å². The highest BCUT2D eigenvalue weighted by Gasteiger charge is 1.98. The minimum absolute atomic E-state index is 0.902. The van der Waals surface area contributed by atoms with E-state index in [0.717, 1.165) is 30.5 Å². The number of nitrogens with zero attached hydrogens (tertiary/aromatic N) is 3. The van der Waals surface area contributed by atoms with Crippen LogP contribution in [0.25, 0.3) is 0 Å². The molecule has 0 aromatic carbocycles. The van der Waals surface area contributed by atoms with Crippen molar-refractivity contribution < 1.29 is 0 Å². The number of likely N-dealkylation sites (N-methyl/N-ethyl adjacent to an activating group) is 1. The summed E-state index contributed by atoms with van der Waals surface area (Å²) in [5.41, 5.74) is 0. The first-order valence-electron chi connectivity index (χ1n) is 5.04. The van der Waals surface area contributed by atoms with E-state index in [2.05, 4.69) is 34.2 Å². The van der Waals surface area contributed by atoms with Gasteiger partial charge in [0.25, 0.3) is 0 Å². The van der Waals surface area contributed by atoms with Crippen LogP contribution in [0.5, 0.6) is 0 Å². The lowest BCUT2D eigenvalue weighted by Gasteiger charge is -2.14. The molecule has 1 aromatic heterocycles. The highest BCUT2D eigenvalue weighted by atomic mass is 32.2. The second kappa shape index (κ2) is 6.63. The van der Waals surface area contributed by atoms with Gasteiger partial charge in [-0.05, 0) is 19.8 Å². The number of hydrogen-bond donors (Lipinski definition) is 1. The van der Waals surface area contributed by atoms with Crippen LogP contribution in [0.4, 0.5) is 5.82 Å². The van der Waals surface area contributed by atoms with Crippen molar-refractivity contribution in [1.82, 2.24) is 14.9 Å². The predicted octanol–water partition coefficient (Wildman–Crippen LogP) is 1.56. The molecule has 0 amide bonds. The molecule has 0 aliphatic heterocycles. The summed E-state index contributed by atoms with van der Waals surface area (Å²) >= 11 is 1.63. The Labute approximate surface area is 95.5 Å². The van der Waals surface area contributed by atoms with E-state index in [4.69, 9.17) is 0 Å². The van der Waals surface area contributed by atoms with Crippen molar-refractivity contribution in [2.75, 3.05) is 38.3 Å². The maximum absolute atomic E-state index is 4.16. The predicted molar refractivity (Wildman–Crippen MR) is 65.5 cm³/mol. The van der Waals surface area contributed by atoms with Gasteiger partial charge in [0.2, 0.25) is 0 Å². The fourth-order valence-corrected chi connectivity index (χ4v) is 1.46. The molecule has 1 rings (SSSR count). The molecular weight excluding hydrogens is 208 g/mol. The lowest BCUT2D eigenvalue weighted by atomic mass is 10.5. The third-order valence-corrected chi connectivity index (χ3v) is 2.83. The Morgan fingerprint density at radius 1 is 1.47 bits per heavy atom. The highest BCUT2D eigenvalue weighted by Crippen LogP contribution is 2.13. The van der Waals surface area contributed by atoms with E-state index < -0.39 is 0 Å². The van der Waals surface area contributed by atoms with Crippen LogP contribution in [0.3, 0.4) is 0 Å². The van der Waals surface area contributed by atoms with Crippen molar-refractivity contribution in [1.29, 1.82) is 0 Å². The smallest absolute Gasteiger partial charge is 0.130 e. The molecule has 1 N–H and O–H groups in total. The van der Waals surface area contributed by atoms with Crippen molar-refractivity contribution in [2.24, 2.45) is 0 Å². The Bertz CT molecular complexity index is 293. The molecule has 0 radical (unpaired) electrons. The normalized spacial score (nSPS) is 10.7. The second-order valence-electron chi connectivity index (χ2n) is 3.27. The Morgan fingerprint density at radius 2 is 2.27 bits per heavy atom. The summed E-state index contributed by atoms with van der Waals surface area (Å²) in [5, 5.41) is 4.28. The molecule has 1 heterocycles. The van der Waals surface area contributed by atoms with Crippen molar-refractivity contribution in [3.05, 3.63) is 12.4 Å². The second-order valence-corrected chi connectivity index (χ2v) is 4.09. The zero-order chi connectivity index (χ0) is 11.1. The van der Waals surface area contributed by atoms with Gasteiger partial charge in [-0.25, -0.2) is 9.97 Å². The van der Waals surface area contributed by atoms with E-state index in [1.165, 1.54) is 0 Å². The minimum Gasteiger partial charge on any atom is -0.369 e. The molecule has 4 nitrogen and oxygen atoms in total. The molecular formula is C10H18N4S. The van der Waals surface area contributed by atoms with Gasteiger partial charge in [0.1, 0.15) is 17.2 Å². The first-order valence-corrected chi connectivity index (χ1v) is 6.27. The number of thioether (sulfide) groups is 1. The Kier molecular flexibility index (Phi) is 5.42. The Hall–Kier alpha value is -0.810. The van der Waals surface area contributed by atoms with Crippen LogP contribution >= 0.6 is 11.8 Å². The number of aromatic nitrogens is 2. The van der Waals surface area contributed by atoms with Gasteiger partial charge < -0.3 is 10.2 Å². The monoisotopic (exact) mass is 226 g/mol. The zero-order valence-electron chi connectivity index (χ0n) is 9.53. The SMILES string of the molecule is CCN(C)CCNc1cc(SC)ncn1. The fraction of sp³-hybridized carbons (Fsp3) is 0.600. The summed E-state index contributed by atoms with van der Waals surface area (Å²) in [4.78, 5) is 10.5. The average Bonchev–Trinajstić information content (AvgIpc) is 2.29. The van der Waals surface area contributed by atoms with E-state index in [-0.39, 0.29) is 0 Å². The molecule has 0 spiro atoms. The van der Waals surface area contributed by atoms with E-state index in [1.807, 2.05) is 12.3 Å². The van der Waals surface area contributed by atoms with Gasteiger partial charge in [0.15, 0.2) is 0 Å². The first-order chi connectivity index (χ1) is 7.26. The lowest BCUT2D eigenvalue weighted by Crippen LogP contribution is -2.24. The Morgan fingerprint density at radius 3 is 2.93 bits per heavy atom. The molecule has 0 unspecified atom stereocenters. The van der Waals surface area contributed by atoms with Crippen LogP contribution in [0, 0.1) is 0 Å². The number of rotatable bonds is 6. The van der Waals surface area contributed by atoms with Crippen molar-refractivity contribution >= 4 is 17.6 Å². The molecule has 84 valence electrons. The quantitative estimate of drug-likeness (QED) is 0.589. The van der Waals surface area contributed by atoms with E-state index in [1.54, 1.807) is 18.1 Å². The third-order valence-electron chi connectivity index (χ3n) is 2.19. The molecule has 0 aliphatic rings. The third kappa shape index (κ3) is 4.48. The molecule has 15 heavy (non-hydrogen) atoms. The van der Waals surface area contributed by atoms with Crippen molar-refractivity contribution in [3.8, 4) is 0 Å². The van der Waals surface area contributed by atoms with Crippen molar-refractivity contribution in [3.63, 3.8) is 0 Å². The molecule has 0 fully saturated rings. The molecule has 0 saturated carbocycles. The summed E-state index contributed by atoms with van der Waals surface area (Å²) in [6.07, 6.45) is 3.61. The zero-order valence-corrected chi connectivity index (χ0v) is 10.3. The van der Waals surface area contributed by atoms with Crippen LogP contribution in [0.1, 0.15) is 6.92 Å². The molecule has 0 aliphatic carbocycles. The van der Waals surface area contributed by atoms with Gasteiger partial charge in [-0.3, -0.25) is 0 Å². The molecule has 0 saturated heterocycles. The molecule has 0 atom stereocenters. The maximum atomic E-state index is 4.16. The molecule has 5 heteroatoms. The van der Waals surface area contributed by atoms with Crippen LogP contribution in [0.15, 0.2) is 17.4 Å². The van der Waals surface area contributed by atoms with Gasteiger partial charge in [-0.15, -0.1) is 11.8 Å². The summed E-state index contributed by atoms with van der Waals surface area (Å²) in [7, 11) is 2.11. The van der Waals surface area contributed by atoms with Gasteiger partial charge in [0, 0.05) is 19.2 Å². The largest absolute Gasteiger partial charge is 0.369 e. The summed E-state index contributed by atoms with van der Waals surface area (Å²) in [6.45, 7) is 5.16. The van der Waals surface area contributed by atoms with Gasteiger partial charge >= 0.3 is 0 Å². The highest BCUT2D eigenvalue weighted by molar-refractivity contribution is 7.98. The van der Waals surface area contributed by atoms with Crippen LogP contribution < -0.4 is 5.32 Å². The van der Waals surface area contributed by atoms with E-state index in [9.17, 15) is 0 Å². The fourth-order valence-electron chi connectivity index (χ4n) is 1.08.